The van der Waals surface area contributed by atoms with Crippen LogP contribution in [0.1, 0.15) is 40.2 Å². The molecule has 25 heavy (non-hydrogen) atoms. The third kappa shape index (κ3) is 2.51. The molecule has 0 atom stereocenters. The van der Waals surface area contributed by atoms with Gasteiger partial charge in [-0.15, -0.1) is 0 Å². The van der Waals surface area contributed by atoms with Crippen molar-refractivity contribution in [3.8, 4) is 11.3 Å². The van der Waals surface area contributed by atoms with Crippen molar-refractivity contribution >= 4 is 11.8 Å². The summed E-state index contributed by atoms with van der Waals surface area (Å²) in [6.07, 6.45) is 1.73. The summed E-state index contributed by atoms with van der Waals surface area (Å²) < 4.78 is 25.0. The molecule has 0 unspecified atom stereocenters. The van der Waals surface area contributed by atoms with Gasteiger partial charge in [-0.2, -0.15) is 0 Å². The Morgan fingerprint density at radius 3 is 2.56 bits per heavy atom. The zero-order chi connectivity index (χ0) is 20.3. The molecule has 0 fully saturated rings. The zero-order valence-electron chi connectivity index (χ0n) is 18.1. The molecule has 2 aromatic carbocycles. The molecule has 1 nitrogen and oxygen atoms in total. The van der Waals surface area contributed by atoms with E-state index in [4.69, 9.17) is 4.11 Å². The molecule has 0 spiro atoms. The van der Waals surface area contributed by atoms with Gasteiger partial charge in [-0.05, 0) is 48.7 Å². The maximum Gasteiger partial charge on any atom is 0.212 e. The van der Waals surface area contributed by atoms with Crippen molar-refractivity contribution in [2.45, 2.75) is 42.8 Å². The Kier molecular flexibility index (Phi) is 3.03. The minimum Gasteiger partial charge on any atom is -0.201 e. The number of benzene rings is 2. The number of aryl methyl sites for hydroxylation is 3. The highest BCUT2D eigenvalue weighted by Crippen LogP contribution is 2.52. The summed E-state index contributed by atoms with van der Waals surface area (Å²) in [5, 5.41) is 0. The normalized spacial score (nSPS) is 17.0. The molecular weight excluding hydrogens is 322 g/mol. The van der Waals surface area contributed by atoms with Gasteiger partial charge in [-0.25, -0.2) is 4.57 Å². The molecule has 0 saturated heterocycles. The van der Waals surface area contributed by atoms with Gasteiger partial charge in [0.05, 0.1) is 5.56 Å². The second kappa shape index (κ2) is 5.74. The molecule has 0 bridgehead atoms. The Morgan fingerprint density at radius 1 is 1.00 bits per heavy atom. The van der Waals surface area contributed by atoms with Gasteiger partial charge in [0, 0.05) is 30.9 Å². The largest absolute Gasteiger partial charge is 0.212 e. The molecule has 0 aliphatic carbocycles. The lowest BCUT2D eigenvalue weighted by atomic mass is 9.74. The first kappa shape index (κ1) is 13.2. The summed E-state index contributed by atoms with van der Waals surface area (Å²) >= 11 is 1.82. The minimum absolute atomic E-state index is 0.145. The molecule has 0 N–H and O–H groups in total. The van der Waals surface area contributed by atoms with Crippen molar-refractivity contribution < 1.29 is 8.68 Å². The average molecular weight is 350 g/mol. The van der Waals surface area contributed by atoms with Crippen molar-refractivity contribution in [2.24, 2.45) is 7.05 Å². The monoisotopic (exact) mass is 349 g/mol. The van der Waals surface area contributed by atoms with Gasteiger partial charge in [0.25, 0.3) is 0 Å². The van der Waals surface area contributed by atoms with E-state index in [1.54, 1.807) is 12.3 Å². The molecule has 3 aromatic rings. The second-order valence-electron chi connectivity index (χ2n) is 7.27. The van der Waals surface area contributed by atoms with Crippen LogP contribution in [0.5, 0.6) is 0 Å². The van der Waals surface area contributed by atoms with Crippen LogP contribution in [0.25, 0.3) is 11.3 Å². The molecule has 126 valence electrons. The van der Waals surface area contributed by atoms with Crippen LogP contribution in [0.4, 0.5) is 0 Å². The summed E-state index contributed by atoms with van der Waals surface area (Å²) in [5.74, 6) is 0. The van der Waals surface area contributed by atoms with E-state index in [0.717, 1.165) is 5.69 Å². The predicted octanol–water partition coefficient (Wildman–Crippen LogP) is 5.59. The van der Waals surface area contributed by atoms with Gasteiger partial charge in [-0.3, -0.25) is 0 Å². The average Bonchev–Trinajstić information content (AvgIpc) is 2.62. The predicted molar refractivity (Wildman–Crippen MR) is 105 cm³/mol. The molecule has 2 heterocycles. The van der Waals surface area contributed by atoms with Crippen molar-refractivity contribution in [1.82, 2.24) is 0 Å². The van der Waals surface area contributed by atoms with Crippen LogP contribution >= 0.6 is 11.8 Å². The lowest BCUT2D eigenvalue weighted by molar-refractivity contribution is -0.660. The van der Waals surface area contributed by atoms with E-state index in [1.807, 2.05) is 29.4 Å². The van der Waals surface area contributed by atoms with Crippen LogP contribution < -0.4 is 4.57 Å². The Morgan fingerprint density at radius 2 is 1.80 bits per heavy atom. The fourth-order valence-corrected chi connectivity index (χ4v) is 5.33. The van der Waals surface area contributed by atoms with Crippen LogP contribution in [-0.2, 0) is 12.5 Å². The first-order chi connectivity index (χ1) is 13.1. The summed E-state index contributed by atoms with van der Waals surface area (Å²) in [5.41, 5.74) is 6.30. The smallest absolute Gasteiger partial charge is 0.201 e. The number of hydrogen-bond donors (Lipinski definition) is 0. The maximum atomic E-state index is 7.70. The van der Waals surface area contributed by atoms with Crippen LogP contribution in [0.3, 0.4) is 0 Å². The van der Waals surface area contributed by atoms with Crippen molar-refractivity contribution in [3.05, 3.63) is 77.0 Å². The van der Waals surface area contributed by atoms with E-state index in [1.165, 1.54) is 32.0 Å². The molecule has 4 rings (SSSR count). The number of pyridine rings is 1. The molecule has 1 aromatic heterocycles. The van der Waals surface area contributed by atoms with Crippen molar-refractivity contribution in [1.29, 1.82) is 0 Å². The molecule has 0 radical (unpaired) electrons. The van der Waals surface area contributed by atoms with Gasteiger partial charge in [0.1, 0.15) is 7.05 Å². The fraction of sp³-hybridized carbons (Fsp3) is 0.261. The lowest BCUT2D eigenvalue weighted by Gasteiger charge is -2.36. The summed E-state index contributed by atoms with van der Waals surface area (Å²) in [4.78, 5) is 2.57. The van der Waals surface area contributed by atoms with Gasteiger partial charge in [0.2, 0.25) is 5.69 Å². The van der Waals surface area contributed by atoms with Gasteiger partial charge < -0.3 is 0 Å². The van der Waals surface area contributed by atoms with Crippen molar-refractivity contribution in [3.63, 3.8) is 0 Å². The van der Waals surface area contributed by atoms with Crippen molar-refractivity contribution in [2.75, 3.05) is 0 Å². The van der Waals surface area contributed by atoms with Gasteiger partial charge >= 0.3 is 0 Å². The van der Waals surface area contributed by atoms with E-state index in [2.05, 4.69) is 57.2 Å². The molecular formula is C23H24NS+. The second-order valence-corrected chi connectivity index (χ2v) is 8.35. The molecule has 1 aliphatic rings. The minimum atomic E-state index is -2.10. The van der Waals surface area contributed by atoms with E-state index in [-0.39, 0.29) is 5.41 Å². The third-order valence-corrected chi connectivity index (χ3v) is 6.31. The van der Waals surface area contributed by atoms with E-state index in [0.29, 0.717) is 5.56 Å². The fourth-order valence-electron chi connectivity index (χ4n) is 3.92. The van der Waals surface area contributed by atoms with Gasteiger partial charge in [-0.1, -0.05) is 49.9 Å². The Bertz CT molecular complexity index is 1080. The van der Waals surface area contributed by atoms with Crippen LogP contribution in [0.2, 0.25) is 0 Å². The highest BCUT2D eigenvalue weighted by molar-refractivity contribution is 7.99. The topological polar surface area (TPSA) is 3.88 Å². The highest BCUT2D eigenvalue weighted by atomic mass is 32.2. The SMILES string of the molecule is [2H]C([2H])([2H])c1ccc(-c2c(C)ccc3c2C(C)(C)c2ccccc2S3)[n+](C)c1. The number of rotatable bonds is 1. The van der Waals surface area contributed by atoms with E-state index in [9.17, 15) is 0 Å². The highest BCUT2D eigenvalue weighted by Gasteiger charge is 2.37. The number of nitrogens with zero attached hydrogens (tertiary/aromatic N) is 1. The first-order valence-electron chi connectivity index (χ1n) is 10.0. The molecule has 0 amide bonds. The lowest BCUT2D eigenvalue weighted by Crippen LogP contribution is -2.33. The van der Waals surface area contributed by atoms with Crippen LogP contribution in [-0.4, -0.2) is 0 Å². The molecule has 2 heteroatoms. The Labute approximate surface area is 158 Å². The third-order valence-electron chi connectivity index (χ3n) is 5.17. The number of aromatic nitrogens is 1. The Balaban J connectivity index is 1.97. The summed E-state index contributed by atoms with van der Waals surface area (Å²) in [6, 6.07) is 16.7. The number of fused-ring (bicyclic) bond motifs is 2. The summed E-state index contributed by atoms with van der Waals surface area (Å²) in [7, 11) is 1.93. The molecule has 0 saturated carbocycles. The molecule has 1 aliphatic heterocycles. The van der Waals surface area contributed by atoms with E-state index < -0.39 is 6.85 Å². The maximum absolute atomic E-state index is 7.70. The van der Waals surface area contributed by atoms with E-state index >= 15 is 0 Å². The Hall–Kier alpha value is -2.06. The first-order valence-corrected chi connectivity index (χ1v) is 9.34. The van der Waals surface area contributed by atoms with Crippen LogP contribution in [0.15, 0.2) is 64.5 Å². The standard InChI is InChI=1S/C23H24NS/c1-15-10-12-18(24(5)14-15)21-16(2)11-13-20-22(21)23(3,4)17-8-6-7-9-19(17)25-20/h6-14H,1-5H3/q+1/i1D3. The number of hydrogen-bond acceptors (Lipinski definition) is 1. The quantitative estimate of drug-likeness (QED) is 0.518. The van der Waals surface area contributed by atoms with Gasteiger partial charge in [0.15, 0.2) is 6.20 Å². The summed E-state index contributed by atoms with van der Waals surface area (Å²) in [6.45, 7) is 4.60. The van der Waals surface area contributed by atoms with Crippen LogP contribution in [0, 0.1) is 13.8 Å². The zero-order valence-corrected chi connectivity index (χ0v) is 15.9.